The molecule has 0 radical (unpaired) electrons. The Morgan fingerprint density at radius 3 is 1.69 bits per heavy atom. The second-order valence-corrected chi connectivity index (χ2v) is 24.3. The Kier molecular flexibility index (Phi) is 15.1. The molecule has 4 aromatic heterocycles. The number of piperidine rings is 2. The van der Waals surface area contributed by atoms with Crippen molar-refractivity contribution in [2.45, 2.75) is 153 Å². The molecule has 8 heterocycles. The van der Waals surface area contributed by atoms with E-state index in [9.17, 15) is 4.79 Å². The molecule has 4 atom stereocenters. The van der Waals surface area contributed by atoms with E-state index in [1.54, 1.807) is 26.6 Å². The molecule has 6 aliphatic rings. The normalized spacial score (nSPS) is 24.9. The van der Waals surface area contributed by atoms with Crippen molar-refractivity contribution in [2.24, 2.45) is 0 Å². The van der Waals surface area contributed by atoms with Crippen molar-refractivity contribution >= 4 is 74.4 Å². The maximum atomic E-state index is 13.6. The SMILES string of the molecule is CO[C@@H]1COC[C@]1(C)N1CCC(c2cc3nc(N(C(=O)OC(C)(C)C)c4cnn(C5CC5)c4C)ncc3cc2Cl)CC1.CO[C@@H]1COC[C@]1(C)N1CCC(c2cc3nc(Nc4cnn(C5CC5)c4C)ncc3cc2Cl)CC1. The van der Waals surface area contributed by atoms with E-state index in [0.29, 0.717) is 60.4 Å². The minimum atomic E-state index is -0.687. The number of likely N-dealkylation sites (tertiary alicyclic amines) is 2. The third-order valence-corrected chi connectivity index (χ3v) is 17.7. The number of halogens is 2. The van der Waals surface area contributed by atoms with E-state index in [2.05, 4.69) is 72.9 Å². The average Bonchev–Trinajstić information content (AvgIpc) is 4.34. The van der Waals surface area contributed by atoms with Crippen LogP contribution in [-0.2, 0) is 23.7 Å². The van der Waals surface area contributed by atoms with Gasteiger partial charge in [0.15, 0.2) is 0 Å². The molecule has 412 valence electrons. The molecule has 0 bridgehead atoms. The number of nitrogens with one attached hydrogen (secondary N) is 1. The van der Waals surface area contributed by atoms with Gasteiger partial charge in [-0.1, -0.05) is 23.2 Å². The molecule has 4 aliphatic heterocycles. The van der Waals surface area contributed by atoms with Crippen molar-refractivity contribution in [3.8, 4) is 0 Å². The zero-order valence-electron chi connectivity index (χ0n) is 46.0. The van der Waals surface area contributed by atoms with Gasteiger partial charge in [0.25, 0.3) is 0 Å². The largest absolute Gasteiger partial charge is 0.443 e. The van der Waals surface area contributed by atoms with E-state index < -0.39 is 11.7 Å². The summed E-state index contributed by atoms with van der Waals surface area (Å²) in [6.07, 6.45) is 15.4. The van der Waals surface area contributed by atoms with Gasteiger partial charge in [-0.15, -0.1) is 0 Å². The van der Waals surface area contributed by atoms with Crippen LogP contribution in [0.2, 0.25) is 10.0 Å². The molecule has 2 saturated carbocycles. The zero-order chi connectivity index (χ0) is 54.0. The fraction of sp³-hybridized carbons (Fsp3) is 0.596. The van der Waals surface area contributed by atoms with E-state index in [0.717, 1.165) is 121 Å². The lowest BCUT2D eigenvalue weighted by atomic mass is 9.85. The van der Waals surface area contributed by atoms with Crippen molar-refractivity contribution < 1.29 is 28.5 Å². The maximum Gasteiger partial charge on any atom is 0.422 e. The van der Waals surface area contributed by atoms with Gasteiger partial charge in [0.2, 0.25) is 11.9 Å². The summed E-state index contributed by atoms with van der Waals surface area (Å²) in [5.41, 5.74) is 6.61. The quantitative estimate of drug-likeness (QED) is 0.123. The average molecular weight is 1090 g/mol. The summed E-state index contributed by atoms with van der Waals surface area (Å²) in [6.45, 7) is 20.7. The third kappa shape index (κ3) is 10.9. The van der Waals surface area contributed by atoms with Crippen molar-refractivity contribution in [3.05, 3.63) is 81.6 Å². The number of nitrogens with zero attached hydrogens (tertiary/aromatic N) is 11. The highest BCUT2D eigenvalue weighted by Crippen LogP contribution is 2.43. The number of rotatable bonds is 12. The van der Waals surface area contributed by atoms with Gasteiger partial charge in [-0.2, -0.15) is 10.2 Å². The van der Waals surface area contributed by atoms with E-state index in [-0.39, 0.29) is 29.2 Å². The summed E-state index contributed by atoms with van der Waals surface area (Å²) in [5.74, 6) is 1.53. The van der Waals surface area contributed by atoms with Crippen molar-refractivity contribution in [2.75, 3.05) is 77.0 Å². The van der Waals surface area contributed by atoms with Crippen LogP contribution in [-0.4, -0.2) is 151 Å². The molecule has 20 heteroatoms. The molecule has 0 spiro atoms. The Labute approximate surface area is 461 Å². The molecule has 6 aromatic rings. The molecular weight excluding hydrogens is 1020 g/mol. The molecular formula is C57H74Cl2N12O6. The summed E-state index contributed by atoms with van der Waals surface area (Å²) >= 11 is 13.6. The zero-order valence-corrected chi connectivity index (χ0v) is 47.5. The Hall–Kier alpha value is -5.05. The number of methoxy groups -OCH3 is 2. The van der Waals surface area contributed by atoms with Gasteiger partial charge >= 0.3 is 6.09 Å². The number of ether oxygens (including phenoxy) is 5. The van der Waals surface area contributed by atoms with Crippen LogP contribution < -0.4 is 10.2 Å². The van der Waals surface area contributed by atoms with Crippen LogP contribution >= 0.6 is 23.2 Å². The topological polar surface area (TPSA) is 172 Å². The lowest BCUT2D eigenvalue weighted by molar-refractivity contribution is -0.0242. The van der Waals surface area contributed by atoms with Gasteiger partial charge in [0.05, 0.1) is 95.8 Å². The predicted octanol–water partition coefficient (Wildman–Crippen LogP) is 11.0. The van der Waals surface area contributed by atoms with E-state index in [1.807, 2.05) is 56.9 Å². The number of carbonyl (C=O) groups excluding carboxylic acids is 1. The smallest absolute Gasteiger partial charge is 0.422 e. The Morgan fingerprint density at radius 2 is 1.18 bits per heavy atom. The first-order valence-corrected chi connectivity index (χ1v) is 28.2. The Morgan fingerprint density at radius 1 is 0.688 bits per heavy atom. The minimum absolute atomic E-state index is 0.0634. The van der Waals surface area contributed by atoms with E-state index in [1.165, 1.54) is 23.3 Å². The summed E-state index contributed by atoms with van der Waals surface area (Å²) in [4.78, 5) is 38.9. The highest BCUT2D eigenvalue weighted by molar-refractivity contribution is 6.32. The molecule has 1 amide bonds. The number of aromatic nitrogens is 8. The Balaban J connectivity index is 0.000000166. The lowest BCUT2D eigenvalue weighted by Gasteiger charge is -2.44. The molecule has 0 unspecified atom stereocenters. The summed E-state index contributed by atoms with van der Waals surface area (Å²) in [6, 6.07) is 9.08. The van der Waals surface area contributed by atoms with Gasteiger partial charge < -0.3 is 29.0 Å². The van der Waals surface area contributed by atoms with Crippen LogP contribution in [0.5, 0.6) is 0 Å². The van der Waals surface area contributed by atoms with Gasteiger partial charge in [0, 0.05) is 47.4 Å². The second-order valence-electron chi connectivity index (χ2n) is 23.5. The number of benzene rings is 2. The van der Waals surface area contributed by atoms with Crippen LogP contribution in [0.3, 0.4) is 0 Å². The molecule has 18 nitrogen and oxygen atoms in total. The molecule has 2 aromatic carbocycles. The van der Waals surface area contributed by atoms with Gasteiger partial charge in [-0.3, -0.25) is 19.2 Å². The van der Waals surface area contributed by atoms with Crippen LogP contribution in [0.4, 0.5) is 28.1 Å². The molecule has 12 rings (SSSR count). The lowest BCUT2D eigenvalue weighted by Crippen LogP contribution is -2.57. The number of carbonyl (C=O) groups is 1. The highest BCUT2D eigenvalue weighted by atomic mass is 35.5. The molecule has 4 saturated heterocycles. The van der Waals surface area contributed by atoms with Gasteiger partial charge in [0.1, 0.15) is 17.8 Å². The minimum Gasteiger partial charge on any atom is -0.443 e. The third-order valence-electron chi connectivity index (χ3n) is 17.1. The van der Waals surface area contributed by atoms with Gasteiger partial charge in [-0.05, 0) is 173 Å². The van der Waals surface area contributed by atoms with Crippen molar-refractivity contribution in [3.63, 3.8) is 0 Å². The summed E-state index contributed by atoms with van der Waals surface area (Å²) in [5, 5.41) is 15.8. The first kappa shape index (κ1) is 53.9. The number of hydrogen-bond donors (Lipinski definition) is 1. The summed E-state index contributed by atoms with van der Waals surface area (Å²) in [7, 11) is 3.55. The molecule has 77 heavy (non-hydrogen) atoms. The van der Waals surface area contributed by atoms with Gasteiger partial charge in [-0.25, -0.2) is 29.6 Å². The first-order chi connectivity index (χ1) is 36.9. The van der Waals surface area contributed by atoms with Crippen molar-refractivity contribution in [1.82, 2.24) is 49.3 Å². The van der Waals surface area contributed by atoms with Crippen LogP contribution in [0.1, 0.15) is 132 Å². The fourth-order valence-corrected chi connectivity index (χ4v) is 12.8. The summed E-state index contributed by atoms with van der Waals surface area (Å²) < 4.78 is 32.9. The second kappa shape index (κ2) is 21.5. The number of hydrogen-bond acceptors (Lipinski definition) is 15. The predicted molar refractivity (Wildman–Crippen MR) is 298 cm³/mol. The Bertz CT molecular complexity index is 3120. The standard InChI is InChI=1S/C31H41ClN6O4.C26H33ClN6O2/c1-19-26(16-34-38(19)22-7-8-22)37(29(39)42-30(2,3)4)28-33-15-21-13-24(32)23(14-25(21)35-28)20-9-11-36(12-10-20)31(5)18-41-17-27(31)40-6;1-16-23(13-29-33(16)19-4-5-19)31-25-28-12-18-10-21(27)20(11-22(18)30-25)17-6-8-32(9-7-17)26(2)15-35-14-24(26)34-3/h13-16,20,22,27H,7-12,17-18H2,1-6H3;10-13,17,19,24H,4-9,14-15H2,1-3H3,(H,28,30,31)/t27-,31+;24-,26+/m11/s1. The van der Waals surface area contributed by atoms with E-state index in [4.69, 9.17) is 56.9 Å². The van der Waals surface area contributed by atoms with Crippen molar-refractivity contribution in [1.29, 1.82) is 0 Å². The first-order valence-electron chi connectivity index (χ1n) is 27.5. The van der Waals surface area contributed by atoms with Crippen LogP contribution in [0.15, 0.2) is 49.1 Å². The van der Waals surface area contributed by atoms with E-state index >= 15 is 0 Å². The van der Waals surface area contributed by atoms with Crippen LogP contribution in [0.25, 0.3) is 21.8 Å². The monoisotopic (exact) mass is 1090 g/mol. The number of fused-ring (bicyclic) bond motifs is 2. The number of anilines is 4. The maximum absolute atomic E-state index is 13.6. The number of amides is 1. The molecule has 2 aliphatic carbocycles. The molecule has 1 N–H and O–H groups in total. The molecule has 6 fully saturated rings. The van der Waals surface area contributed by atoms with Crippen LogP contribution in [0, 0.1) is 13.8 Å². The highest BCUT2D eigenvalue weighted by Gasteiger charge is 2.48. The fourth-order valence-electron chi connectivity index (χ4n) is 12.1.